The van der Waals surface area contributed by atoms with Crippen molar-refractivity contribution in [1.82, 2.24) is 5.32 Å². The Kier molecular flexibility index (Phi) is 4.02. The fourth-order valence-corrected chi connectivity index (χ4v) is 3.04. The van der Waals surface area contributed by atoms with Crippen LogP contribution < -0.4 is 11.1 Å². The summed E-state index contributed by atoms with van der Waals surface area (Å²) in [7, 11) is 0. The lowest BCUT2D eigenvalue weighted by Crippen LogP contribution is -2.40. The van der Waals surface area contributed by atoms with Crippen molar-refractivity contribution >= 4 is 5.91 Å². The van der Waals surface area contributed by atoms with Gasteiger partial charge in [-0.1, -0.05) is 54.6 Å². The molecule has 0 heterocycles. The molecular formula is C18H20N2O. The number of hydrogen-bond donors (Lipinski definition) is 2. The molecule has 0 bridgehead atoms. The summed E-state index contributed by atoms with van der Waals surface area (Å²) in [6, 6.07) is 18.3. The van der Waals surface area contributed by atoms with E-state index in [0.717, 1.165) is 18.4 Å². The van der Waals surface area contributed by atoms with Crippen LogP contribution >= 0.6 is 0 Å². The van der Waals surface area contributed by atoms with E-state index in [-0.39, 0.29) is 17.9 Å². The van der Waals surface area contributed by atoms with E-state index in [1.165, 1.54) is 11.1 Å². The molecule has 1 atom stereocenters. The van der Waals surface area contributed by atoms with Crippen molar-refractivity contribution in [2.75, 3.05) is 6.54 Å². The highest BCUT2D eigenvalue weighted by Crippen LogP contribution is 2.22. The monoisotopic (exact) mass is 280 g/mol. The maximum Gasteiger partial charge on any atom is 0.229 e. The first-order chi connectivity index (χ1) is 10.3. The highest BCUT2D eigenvalue weighted by atomic mass is 16.2. The van der Waals surface area contributed by atoms with Gasteiger partial charge in [0, 0.05) is 12.6 Å². The minimum atomic E-state index is -0.269. The van der Waals surface area contributed by atoms with Crippen molar-refractivity contribution in [1.29, 1.82) is 0 Å². The van der Waals surface area contributed by atoms with Gasteiger partial charge in [0.05, 0.1) is 5.92 Å². The Balaban J connectivity index is 1.67. The number of fused-ring (bicyclic) bond motifs is 1. The van der Waals surface area contributed by atoms with Gasteiger partial charge in [0.2, 0.25) is 5.91 Å². The minimum absolute atomic E-state index is 0.0292. The van der Waals surface area contributed by atoms with Crippen molar-refractivity contribution in [3.63, 3.8) is 0 Å². The van der Waals surface area contributed by atoms with Crippen LogP contribution in [0.1, 0.15) is 22.6 Å². The molecule has 0 spiro atoms. The first-order valence-electron chi connectivity index (χ1n) is 7.40. The number of nitrogens with two attached hydrogens (primary N) is 1. The second-order valence-electron chi connectivity index (χ2n) is 5.58. The predicted molar refractivity (Wildman–Crippen MR) is 84.0 cm³/mol. The molecule has 0 saturated carbocycles. The third-order valence-corrected chi connectivity index (χ3v) is 4.15. The number of hydrogen-bond acceptors (Lipinski definition) is 2. The average molecular weight is 280 g/mol. The molecule has 2 aromatic carbocycles. The minimum Gasteiger partial charge on any atom is -0.352 e. The van der Waals surface area contributed by atoms with Gasteiger partial charge in [-0.05, 0) is 29.5 Å². The summed E-state index contributed by atoms with van der Waals surface area (Å²) >= 11 is 0. The highest BCUT2D eigenvalue weighted by molar-refractivity contribution is 5.84. The van der Waals surface area contributed by atoms with Crippen molar-refractivity contribution < 1.29 is 4.79 Å². The molecule has 21 heavy (non-hydrogen) atoms. The van der Waals surface area contributed by atoms with E-state index in [2.05, 4.69) is 29.6 Å². The number of carbonyl (C=O) groups excluding carboxylic acids is 1. The number of carbonyl (C=O) groups is 1. The number of amides is 1. The first-order valence-corrected chi connectivity index (χ1v) is 7.40. The normalized spacial score (nSPS) is 15.5. The molecule has 3 N–H and O–H groups in total. The molecule has 3 heteroatoms. The van der Waals surface area contributed by atoms with Crippen LogP contribution in [0.5, 0.6) is 0 Å². The van der Waals surface area contributed by atoms with Gasteiger partial charge in [-0.2, -0.15) is 0 Å². The summed E-state index contributed by atoms with van der Waals surface area (Å²) in [4.78, 5) is 12.5. The second kappa shape index (κ2) is 6.10. The van der Waals surface area contributed by atoms with Gasteiger partial charge >= 0.3 is 0 Å². The Morgan fingerprint density at radius 1 is 1.05 bits per heavy atom. The lowest BCUT2D eigenvalue weighted by molar-refractivity contribution is -0.123. The fourth-order valence-electron chi connectivity index (χ4n) is 3.04. The van der Waals surface area contributed by atoms with Crippen molar-refractivity contribution in [2.24, 2.45) is 5.73 Å². The van der Waals surface area contributed by atoms with Crippen LogP contribution in [0.25, 0.3) is 0 Å². The summed E-state index contributed by atoms with van der Waals surface area (Å²) in [5.41, 5.74) is 9.46. The maximum atomic E-state index is 12.5. The van der Waals surface area contributed by atoms with Gasteiger partial charge in [-0.15, -0.1) is 0 Å². The standard InChI is InChI=1S/C18H20N2O/c19-12-17(13-6-2-1-3-7-13)18(21)20-16-10-14-8-4-5-9-15(14)11-16/h1-9,16-17H,10-12,19H2,(H,20,21). The predicted octanol–water partition coefficient (Wildman–Crippen LogP) is 2.01. The van der Waals surface area contributed by atoms with E-state index in [4.69, 9.17) is 5.73 Å². The van der Waals surface area contributed by atoms with Gasteiger partial charge < -0.3 is 11.1 Å². The Labute approximate surface area is 125 Å². The number of rotatable bonds is 4. The zero-order chi connectivity index (χ0) is 14.7. The van der Waals surface area contributed by atoms with Crippen molar-refractivity contribution in [3.8, 4) is 0 Å². The van der Waals surface area contributed by atoms with Gasteiger partial charge in [0.25, 0.3) is 0 Å². The van der Waals surface area contributed by atoms with Crippen LogP contribution in [0.3, 0.4) is 0 Å². The second-order valence-corrected chi connectivity index (χ2v) is 5.58. The van der Waals surface area contributed by atoms with Gasteiger partial charge in [-0.25, -0.2) is 0 Å². The van der Waals surface area contributed by atoms with Crippen LogP contribution in [0.15, 0.2) is 54.6 Å². The molecule has 0 saturated heterocycles. The fraction of sp³-hybridized carbons (Fsp3) is 0.278. The molecule has 1 aliphatic rings. The Bertz CT molecular complexity index is 599. The summed E-state index contributed by atoms with van der Waals surface area (Å²) in [6.45, 7) is 0.329. The van der Waals surface area contributed by atoms with E-state index in [1.54, 1.807) is 0 Å². The molecule has 2 aromatic rings. The van der Waals surface area contributed by atoms with Gasteiger partial charge in [0.1, 0.15) is 0 Å². The van der Waals surface area contributed by atoms with E-state index < -0.39 is 0 Å². The summed E-state index contributed by atoms with van der Waals surface area (Å²) in [5, 5.41) is 3.16. The topological polar surface area (TPSA) is 55.1 Å². The third-order valence-electron chi connectivity index (χ3n) is 4.15. The lowest BCUT2D eigenvalue weighted by atomic mass is 9.98. The number of nitrogens with one attached hydrogen (secondary N) is 1. The Morgan fingerprint density at radius 2 is 1.62 bits per heavy atom. The molecule has 0 fully saturated rings. The molecule has 108 valence electrons. The zero-order valence-corrected chi connectivity index (χ0v) is 12.0. The summed E-state index contributed by atoms with van der Waals surface area (Å²) < 4.78 is 0. The van der Waals surface area contributed by atoms with Gasteiger partial charge in [0.15, 0.2) is 0 Å². The molecule has 3 nitrogen and oxygen atoms in total. The van der Waals surface area contributed by atoms with Gasteiger partial charge in [-0.3, -0.25) is 4.79 Å². The Morgan fingerprint density at radius 3 is 2.19 bits per heavy atom. The molecule has 0 aliphatic heterocycles. The quantitative estimate of drug-likeness (QED) is 0.900. The largest absolute Gasteiger partial charge is 0.352 e. The molecule has 1 unspecified atom stereocenters. The van der Waals surface area contributed by atoms with E-state index in [1.807, 2.05) is 30.3 Å². The lowest BCUT2D eigenvalue weighted by Gasteiger charge is -2.19. The molecule has 0 aromatic heterocycles. The molecular weight excluding hydrogens is 260 g/mol. The SMILES string of the molecule is NCC(C(=O)NC1Cc2ccccc2C1)c1ccccc1. The highest BCUT2D eigenvalue weighted by Gasteiger charge is 2.26. The maximum absolute atomic E-state index is 12.5. The van der Waals surface area contributed by atoms with Crippen LogP contribution in [0.4, 0.5) is 0 Å². The van der Waals surface area contributed by atoms with E-state index >= 15 is 0 Å². The average Bonchev–Trinajstić information content (AvgIpc) is 2.91. The molecule has 1 aliphatic carbocycles. The summed E-state index contributed by atoms with van der Waals surface area (Å²) in [5.74, 6) is -0.239. The van der Waals surface area contributed by atoms with Crippen molar-refractivity contribution in [3.05, 3.63) is 71.3 Å². The van der Waals surface area contributed by atoms with E-state index in [9.17, 15) is 4.79 Å². The molecule has 3 rings (SSSR count). The van der Waals surface area contributed by atoms with Crippen LogP contribution in [-0.4, -0.2) is 18.5 Å². The molecule has 0 radical (unpaired) electrons. The first kappa shape index (κ1) is 13.8. The zero-order valence-electron chi connectivity index (χ0n) is 12.0. The van der Waals surface area contributed by atoms with E-state index in [0.29, 0.717) is 6.54 Å². The third kappa shape index (κ3) is 2.98. The van der Waals surface area contributed by atoms with Crippen molar-refractivity contribution in [2.45, 2.75) is 24.8 Å². The van der Waals surface area contributed by atoms with Crippen LogP contribution in [-0.2, 0) is 17.6 Å². The molecule has 1 amide bonds. The van der Waals surface area contributed by atoms with Crippen LogP contribution in [0, 0.1) is 0 Å². The smallest absolute Gasteiger partial charge is 0.229 e. The van der Waals surface area contributed by atoms with Crippen LogP contribution in [0.2, 0.25) is 0 Å². The summed E-state index contributed by atoms with van der Waals surface area (Å²) in [6.07, 6.45) is 1.82. The Hall–Kier alpha value is -2.13. The number of benzene rings is 2.